The van der Waals surface area contributed by atoms with E-state index in [0.29, 0.717) is 32.0 Å². The Morgan fingerprint density at radius 3 is 2.10 bits per heavy atom. The van der Waals surface area contributed by atoms with Crippen LogP contribution in [0.5, 0.6) is 0 Å². The number of fused-ring (bicyclic) bond motifs is 1. The van der Waals surface area contributed by atoms with Crippen LogP contribution in [0, 0.1) is 6.92 Å². The van der Waals surface area contributed by atoms with Crippen molar-refractivity contribution in [1.82, 2.24) is 4.98 Å². The molecule has 3 aromatic carbocycles. The van der Waals surface area contributed by atoms with Crippen LogP contribution in [-0.4, -0.2) is 38.3 Å². The maximum Gasteiger partial charge on any atom is 0.416 e. The summed E-state index contributed by atoms with van der Waals surface area (Å²) >= 11 is 0. The molecule has 1 aliphatic rings. The molecule has 0 atom stereocenters. The molecular weight excluding hydrogens is 532 g/mol. The van der Waals surface area contributed by atoms with Gasteiger partial charge in [0.15, 0.2) is 0 Å². The first-order valence-electron chi connectivity index (χ1n) is 12.7. The molecular formula is C30H27F6N3O. The van der Waals surface area contributed by atoms with Crippen LogP contribution < -0.4 is 9.80 Å². The van der Waals surface area contributed by atoms with Gasteiger partial charge in [-0.05, 0) is 71.6 Å². The smallest absolute Gasteiger partial charge is 0.378 e. The minimum absolute atomic E-state index is 0.0929. The highest BCUT2D eigenvalue weighted by atomic mass is 19.4. The first-order chi connectivity index (χ1) is 18.9. The van der Waals surface area contributed by atoms with Crippen molar-refractivity contribution in [3.63, 3.8) is 0 Å². The molecule has 0 unspecified atom stereocenters. The molecule has 4 nitrogen and oxygen atoms in total. The second-order valence-corrected chi connectivity index (χ2v) is 9.91. The normalized spacial score (nSPS) is 14.6. The molecule has 4 aromatic rings. The maximum absolute atomic E-state index is 13.4. The molecule has 0 amide bonds. The number of ether oxygens (including phenoxy) is 1. The molecule has 0 radical (unpaired) electrons. The van der Waals surface area contributed by atoms with Crippen LogP contribution in [-0.2, 0) is 23.6 Å². The molecule has 10 heteroatoms. The fourth-order valence-electron chi connectivity index (χ4n) is 4.97. The summed E-state index contributed by atoms with van der Waals surface area (Å²) in [4.78, 5) is 8.67. The fourth-order valence-corrected chi connectivity index (χ4v) is 4.97. The summed E-state index contributed by atoms with van der Waals surface area (Å²) in [5.74, 6) is 0.818. The molecule has 0 bridgehead atoms. The van der Waals surface area contributed by atoms with Crippen molar-refractivity contribution in [3.8, 4) is 11.1 Å². The minimum Gasteiger partial charge on any atom is -0.378 e. The lowest BCUT2D eigenvalue weighted by Gasteiger charge is -2.29. The summed E-state index contributed by atoms with van der Waals surface area (Å²) in [5.41, 5.74) is 1.63. The van der Waals surface area contributed by atoms with Gasteiger partial charge in [-0.1, -0.05) is 24.3 Å². The van der Waals surface area contributed by atoms with E-state index in [2.05, 4.69) is 4.90 Å². The third kappa shape index (κ3) is 5.86. The Hall–Kier alpha value is -3.79. The largest absolute Gasteiger partial charge is 0.416 e. The van der Waals surface area contributed by atoms with Crippen LogP contribution in [0.15, 0.2) is 66.7 Å². The van der Waals surface area contributed by atoms with Crippen molar-refractivity contribution in [3.05, 3.63) is 89.0 Å². The van der Waals surface area contributed by atoms with Gasteiger partial charge in [0.05, 0.1) is 29.9 Å². The third-order valence-corrected chi connectivity index (χ3v) is 7.06. The molecule has 210 valence electrons. The Bertz CT molecular complexity index is 1490. The second kappa shape index (κ2) is 10.6. The highest BCUT2D eigenvalue weighted by molar-refractivity contribution is 5.98. The monoisotopic (exact) mass is 559 g/mol. The summed E-state index contributed by atoms with van der Waals surface area (Å²) in [7, 11) is 1.64. The van der Waals surface area contributed by atoms with Gasteiger partial charge in [0, 0.05) is 37.8 Å². The number of nitrogens with zero attached hydrogens (tertiary/aromatic N) is 3. The molecule has 1 aromatic heterocycles. The predicted molar refractivity (Wildman–Crippen MR) is 144 cm³/mol. The lowest BCUT2D eigenvalue weighted by molar-refractivity contribution is -0.143. The summed E-state index contributed by atoms with van der Waals surface area (Å²) in [6.45, 7) is 4.49. The number of aryl methyl sites for hydroxylation is 1. The van der Waals surface area contributed by atoms with Crippen LogP contribution in [0.25, 0.3) is 22.0 Å². The average Bonchev–Trinajstić information content (AvgIpc) is 2.92. The van der Waals surface area contributed by atoms with Gasteiger partial charge < -0.3 is 14.5 Å². The number of aromatic nitrogens is 1. The number of rotatable bonds is 5. The van der Waals surface area contributed by atoms with E-state index in [1.165, 1.54) is 0 Å². The van der Waals surface area contributed by atoms with Crippen LogP contribution >= 0.6 is 0 Å². The second-order valence-electron chi connectivity index (χ2n) is 9.91. The Morgan fingerprint density at radius 2 is 1.48 bits per heavy atom. The van der Waals surface area contributed by atoms with E-state index in [4.69, 9.17) is 9.72 Å². The lowest BCUT2D eigenvalue weighted by Crippen LogP contribution is -2.36. The minimum atomic E-state index is -4.90. The van der Waals surface area contributed by atoms with Crippen molar-refractivity contribution in [2.24, 2.45) is 0 Å². The quantitative estimate of drug-likeness (QED) is 0.234. The van der Waals surface area contributed by atoms with Gasteiger partial charge in [-0.15, -0.1) is 0 Å². The van der Waals surface area contributed by atoms with Gasteiger partial charge in [0.1, 0.15) is 5.82 Å². The number of halogens is 6. The molecule has 0 N–H and O–H groups in total. The van der Waals surface area contributed by atoms with Gasteiger partial charge in [-0.25, -0.2) is 4.98 Å². The van der Waals surface area contributed by atoms with E-state index in [9.17, 15) is 26.3 Å². The zero-order valence-corrected chi connectivity index (χ0v) is 21.9. The first kappa shape index (κ1) is 27.8. The molecule has 1 fully saturated rings. The summed E-state index contributed by atoms with van der Waals surface area (Å²) in [6, 6.07) is 17.1. The Kier molecular flexibility index (Phi) is 7.39. The zero-order valence-electron chi connectivity index (χ0n) is 21.9. The van der Waals surface area contributed by atoms with Crippen LogP contribution in [0.1, 0.15) is 22.3 Å². The molecule has 0 saturated carbocycles. The van der Waals surface area contributed by atoms with E-state index in [-0.39, 0.29) is 18.2 Å². The lowest BCUT2D eigenvalue weighted by atomic mass is 9.96. The maximum atomic E-state index is 13.4. The van der Waals surface area contributed by atoms with Crippen molar-refractivity contribution in [2.45, 2.75) is 25.8 Å². The van der Waals surface area contributed by atoms with Gasteiger partial charge in [0.25, 0.3) is 0 Å². The fraction of sp³-hybridized carbons (Fsp3) is 0.300. The van der Waals surface area contributed by atoms with Crippen LogP contribution in [0.2, 0.25) is 0 Å². The molecule has 2 heterocycles. The predicted octanol–water partition coefficient (Wildman–Crippen LogP) is 7.72. The number of hydrogen-bond acceptors (Lipinski definition) is 4. The molecule has 5 rings (SSSR count). The first-order valence-corrected chi connectivity index (χ1v) is 12.7. The molecule has 0 spiro atoms. The van der Waals surface area contributed by atoms with Crippen LogP contribution in [0.4, 0.5) is 37.8 Å². The average molecular weight is 560 g/mol. The number of alkyl halides is 6. The number of pyridine rings is 1. The van der Waals surface area contributed by atoms with E-state index < -0.39 is 23.5 Å². The number of benzene rings is 3. The van der Waals surface area contributed by atoms with Crippen molar-refractivity contribution < 1.29 is 31.1 Å². The van der Waals surface area contributed by atoms with E-state index in [1.807, 2.05) is 49.4 Å². The van der Waals surface area contributed by atoms with E-state index in [1.54, 1.807) is 18.0 Å². The van der Waals surface area contributed by atoms with E-state index in [0.717, 1.165) is 45.5 Å². The summed E-state index contributed by atoms with van der Waals surface area (Å²) in [5, 5.41) is 0.829. The SMILES string of the molecule is Cc1ccccc1-c1cc(N2CCOCC2)nc2ccc(N(C)Cc3cc(C(F)(F)F)cc(C(F)(F)F)c3)cc12. The van der Waals surface area contributed by atoms with Gasteiger partial charge >= 0.3 is 12.4 Å². The van der Waals surface area contributed by atoms with Crippen molar-refractivity contribution >= 4 is 22.4 Å². The van der Waals surface area contributed by atoms with Gasteiger partial charge in [-0.3, -0.25) is 0 Å². The Labute approximate surface area is 227 Å². The third-order valence-electron chi connectivity index (χ3n) is 7.06. The Balaban J connectivity index is 1.56. The number of anilines is 2. The topological polar surface area (TPSA) is 28.6 Å². The molecule has 1 saturated heterocycles. The van der Waals surface area contributed by atoms with Crippen molar-refractivity contribution in [2.75, 3.05) is 43.2 Å². The molecule has 40 heavy (non-hydrogen) atoms. The van der Waals surface area contributed by atoms with Gasteiger partial charge in [0.2, 0.25) is 0 Å². The van der Waals surface area contributed by atoms with E-state index >= 15 is 0 Å². The molecule has 0 aliphatic carbocycles. The highest BCUT2D eigenvalue weighted by Gasteiger charge is 2.37. The summed E-state index contributed by atoms with van der Waals surface area (Å²) < 4.78 is 85.8. The molecule has 1 aliphatic heterocycles. The summed E-state index contributed by atoms with van der Waals surface area (Å²) in [6.07, 6.45) is -9.80. The Morgan fingerprint density at radius 1 is 0.825 bits per heavy atom. The van der Waals surface area contributed by atoms with Crippen LogP contribution in [0.3, 0.4) is 0 Å². The zero-order chi connectivity index (χ0) is 28.7. The van der Waals surface area contributed by atoms with Gasteiger partial charge in [-0.2, -0.15) is 26.3 Å². The van der Waals surface area contributed by atoms with Crippen molar-refractivity contribution in [1.29, 1.82) is 0 Å². The number of morpholine rings is 1. The number of hydrogen-bond donors (Lipinski definition) is 0. The highest BCUT2D eigenvalue weighted by Crippen LogP contribution is 2.38. The standard InChI is InChI=1S/C30H27F6N3O/c1-19-5-3-4-6-24(19)25-17-28(39-9-11-40-12-10-39)37-27-8-7-23(16-26(25)27)38(2)18-20-13-21(29(31,32)33)15-22(14-20)30(34,35)36/h3-8,13-17H,9-12,18H2,1-2H3.